The highest BCUT2D eigenvalue weighted by atomic mass is 16.6. The van der Waals surface area contributed by atoms with E-state index in [-0.39, 0.29) is 52.4 Å². The van der Waals surface area contributed by atoms with Crippen molar-refractivity contribution < 1.29 is 24.2 Å². The van der Waals surface area contributed by atoms with Crippen LogP contribution in [0.2, 0.25) is 0 Å². The Morgan fingerprint density at radius 3 is 2.52 bits per heavy atom. The summed E-state index contributed by atoms with van der Waals surface area (Å²) in [6.07, 6.45) is 7.48. The van der Waals surface area contributed by atoms with Gasteiger partial charge in [0.15, 0.2) is 0 Å². The summed E-state index contributed by atoms with van der Waals surface area (Å²) in [5.74, 6) is -1.33. The Bertz CT molecular complexity index is 842. The van der Waals surface area contributed by atoms with Gasteiger partial charge in [0.05, 0.1) is 17.3 Å². The maximum absolute atomic E-state index is 12.9. The molecule has 6 aliphatic rings. The Kier molecular flexibility index (Phi) is 3.82. The largest absolute Gasteiger partial charge is 0.481 e. The molecule has 1 aliphatic heterocycles. The molecule has 158 valence electrons. The molecule has 1 saturated heterocycles. The fraction of sp³-hybridized carbons (Fsp3) is 0.792. The molecule has 0 aromatic carbocycles. The number of ether oxygens (including phenoxy) is 1. The smallest absolute Gasteiger partial charge is 0.318 e. The summed E-state index contributed by atoms with van der Waals surface area (Å²) in [5, 5.41) is 10.1. The van der Waals surface area contributed by atoms with E-state index in [9.17, 15) is 19.5 Å². The van der Waals surface area contributed by atoms with Crippen LogP contribution in [0.3, 0.4) is 0 Å². The van der Waals surface area contributed by atoms with Crippen LogP contribution in [-0.4, -0.2) is 23.0 Å². The van der Waals surface area contributed by atoms with Crippen molar-refractivity contribution >= 4 is 17.9 Å². The van der Waals surface area contributed by atoms with Gasteiger partial charge in [-0.3, -0.25) is 14.4 Å². The van der Waals surface area contributed by atoms with E-state index >= 15 is 0 Å². The topological polar surface area (TPSA) is 80.7 Å². The van der Waals surface area contributed by atoms with E-state index < -0.39 is 11.4 Å². The predicted octanol–water partition coefficient (Wildman–Crippen LogP) is 4.21. The predicted molar refractivity (Wildman–Crippen MR) is 105 cm³/mol. The van der Waals surface area contributed by atoms with Crippen molar-refractivity contribution in [2.75, 3.05) is 0 Å². The van der Waals surface area contributed by atoms with Gasteiger partial charge in [0, 0.05) is 5.41 Å². The average Bonchev–Trinajstić information content (AvgIpc) is 2.97. The molecule has 2 bridgehead atoms. The first-order chi connectivity index (χ1) is 13.6. The van der Waals surface area contributed by atoms with Crippen molar-refractivity contribution in [3.05, 3.63) is 11.6 Å². The number of cyclic esters (lactones) is 2. The van der Waals surface area contributed by atoms with Gasteiger partial charge in [-0.25, -0.2) is 0 Å². The second-order valence-electron chi connectivity index (χ2n) is 11.2. The van der Waals surface area contributed by atoms with E-state index in [0.29, 0.717) is 5.92 Å². The van der Waals surface area contributed by atoms with Crippen molar-refractivity contribution in [2.45, 2.75) is 66.2 Å². The molecular weight excluding hydrogens is 368 g/mol. The van der Waals surface area contributed by atoms with Gasteiger partial charge < -0.3 is 9.84 Å². The Hall–Kier alpha value is -1.65. The van der Waals surface area contributed by atoms with Gasteiger partial charge in [-0.2, -0.15) is 0 Å². The molecule has 5 nitrogen and oxygen atoms in total. The third kappa shape index (κ3) is 2.14. The number of aliphatic carboxylic acids is 1. The molecule has 5 heteroatoms. The van der Waals surface area contributed by atoms with Crippen LogP contribution in [0.25, 0.3) is 0 Å². The van der Waals surface area contributed by atoms with Crippen LogP contribution in [-0.2, 0) is 19.1 Å². The number of carboxylic acid groups (broad SMARTS) is 1. The van der Waals surface area contributed by atoms with Crippen LogP contribution in [0.4, 0.5) is 0 Å². The van der Waals surface area contributed by atoms with Gasteiger partial charge in [0.25, 0.3) is 0 Å². The fourth-order valence-corrected chi connectivity index (χ4v) is 8.76. The van der Waals surface area contributed by atoms with Crippen LogP contribution in [0.1, 0.15) is 66.2 Å². The Morgan fingerprint density at radius 1 is 1.14 bits per heavy atom. The molecule has 0 aromatic rings. The molecule has 0 radical (unpaired) electrons. The standard InChI is InChI=1S/C24H32O5/c1-12(2)14-11-24-9-6-15-22(3,7-5-8-23(15,4)21(27)28)16(24)10-13(14)17-18(24)20(26)29-19(17)25/h11-13,15-18H,5-10H2,1-4H3,(H,27,28)/t13-,15-,16+,17-,18+,22+,23-,24-/m1/s1. The minimum absolute atomic E-state index is 0.0550. The number of hydrogen-bond acceptors (Lipinski definition) is 4. The van der Waals surface area contributed by atoms with Crippen molar-refractivity contribution in [1.82, 2.24) is 0 Å². The second-order valence-corrected chi connectivity index (χ2v) is 11.2. The number of fused-ring (bicyclic) bond motifs is 1. The number of carboxylic acids is 1. The van der Waals surface area contributed by atoms with E-state index in [4.69, 9.17) is 4.74 Å². The normalized spacial score (nSPS) is 50.5. The lowest BCUT2D eigenvalue weighted by Gasteiger charge is -2.68. The highest BCUT2D eigenvalue weighted by Crippen LogP contribution is 2.74. The average molecular weight is 401 g/mol. The molecule has 0 aromatic heterocycles. The van der Waals surface area contributed by atoms with E-state index in [1.807, 2.05) is 6.92 Å². The molecule has 8 atom stereocenters. The second kappa shape index (κ2) is 5.73. The minimum Gasteiger partial charge on any atom is -0.481 e. The number of esters is 2. The summed E-state index contributed by atoms with van der Waals surface area (Å²) in [7, 11) is 0. The first kappa shape index (κ1) is 19.3. The lowest BCUT2D eigenvalue weighted by molar-refractivity contribution is -0.195. The summed E-state index contributed by atoms with van der Waals surface area (Å²) in [5.41, 5.74) is 0.122. The molecule has 1 spiro atoms. The Morgan fingerprint density at radius 2 is 1.86 bits per heavy atom. The van der Waals surface area contributed by atoms with E-state index in [0.717, 1.165) is 38.5 Å². The van der Waals surface area contributed by atoms with Crippen LogP contribution in [0.15, 0.2) is 11.6 Å². The zero-order chi connectivity index (χ0) is 20.9. The van der Waals surface area contributed by atoms with Gasteiger partial charge >= 0.3 is 17.9 Å². The molecular formula is C24H32O5. The third-order valence-corrected chi connectivity index (χ3v) is 9.89. The summed E-state index contributed by atoms with van der Waals surface area (Å²) < 4.78 is 5.20. The Balaban J connectivity index is 1.67. The summed E-state index contributed by atoms with van der Waals surface area (Å²) >= 11 is 0. The molecule has 29 heavy (non-hydrogen) atoms. The minimum atomic E-state index is -0.707. The SMILES string of the molecule is CC(C)C1=C[C@]23CC[C@@H]4[C@](C)(CCC[C@@]4(C)C(=O)O)[C@@H]2C[C@H]1[C@H]1C(=O)OC(=O)[C@H]13. The molecule has 1 heterocycles. The van der Waals surface area contributed by atoms with E-state index in [1.54, 1.807) is 0 Å². The third-order valence-electron chi connectivity index (χ3n) is 9.89. The van der Waals surface area contributed by atoms with E-state index in [2.05, 4.69) is 26.8 Å². The monoisotopic (exact) mass is 400 g/mol. The molecule has 1 N–H and O–H groups in total. The van der Waals surface area contributed by atoms with Gasteiger partial charge in [0.2, 0.25) is 0 Å². The number of carbonyl (C=O) groups excluding carboxylic acids is 2. The van der Waals surface area contributed by atoms with Crippen LogP contribution < -0.4 is 0 Å². The summed E-state index contributed by atoms with van der Waals surface area (Å²) in [6, 6.07) is 0. The van der Waals surface area contributed by atoms with Gasteiger partial charge in [-0.05, 0) is 68.1 Å². The molecule has 4 fully saturated rings. The number of carbonyl (C=O) groups is 3. The van der Waals surface area contributed by atoms with Crippen LogP contribution in [0, 0.1) is 51.8 Å². The quantitative estimate of drug-likeness (QED) is 0.427. The fourth-order valence-electron chi connectivity index (χ4n) is 8.76. The van der Waals surface area contributed by atoms with Crippen LogP contribution >= 0.6 is 0 Å². The van der Waals surface area contributed by atoms with E-state index in [1.165, 1.54) is 5.57 Å². The molecule has 3 saturated carbocycles. The van der Waals surface area contributed by atoms with Gasteiger partial charge in [0.1, 0.15) is 0 Å². The molecule has 5 aliphatic carbocycles. The van der Waals surface area contributed by atoms with Crippen LogP contribution in [0.5, 0.6) is 0 Å². The van der Waals surface area contributed by atoms with Crippen molar-refractivity contribution in [3.8, 4) is 0 Å². The first-order valence-corrected chi connectivity index (χ1v) is 11.3. The number of hydrogen-bond donors (Lipinski definition) is 1. The highest BCUT2D eigenvalue weighted by Gasteiger charge is 2.73. The van der Waals surface area contributed by atoms with Crippen molar-refractivity contribution in [3.63, 3.8) is 0 Å². The number of allylic oxidation sites excluding steroid dienone is 2. The first-order valence-electron chi connectivity index (χ1n) is 11.3. The lowest BCUT2D eigenvalue weighted by atomic mass is 9.34. The van der Waals surface area contributed by atoms with Crippen molar-refractivity contribution in [2.24, 2.45) is 51.8 Å². The molecule has 6 rings (SSSR count). The summed E-state index contributed by atoms with van der Waals surface area (Å²) in [4.78, 5) is 37.8. The molecule has 0 unspecified atom stereocenters. The highest BCUT2D eigenvalue weighted by molar-refractivity contribution is 5.98. The number of rotatable bonds is 2. The van der Waals surface area contributed by atoms with Gasteiger partial charge in [-0.1, -0.05) is 38.8 Å². The summed E-state index contributed by atoms with van der Waals surface area (Å²) in [6.45, 7) is 8.56. The Labute approximate surface area is 172 Å². The van der Waals surface area contributed by atoms with Gasteiger partial charge in [-0.15, -0.1) is 0 Å². The zero-order valence-corrected chi connectivity index (χ0v) is 17.9. The molecule has 0 amide bonds. The van der Waals surface area contributed by atoms with Crippen molar-refractivity contribution in [1.29, 1.82) is 0 Å². The maximum Gasteiger partial charge on any atom is 0.318 e. The zero-order valence-electron chi connectivity index (χ0n) is 17.9. The lowest BCUT2D eigenvalue weighted by Crippen LogP contribution is -2.65. The maximum atomic E-state index is 12.9.